The molecule has 84 valence electrons. The average molecular weight is 208 g/mol. The fourth-order valence-corrected chi connectivity index (χ4v) is 1.40. The number of aromatic nitrogens is 1. The Labute approximate surface area is 91.7 Å². The zero-order chi connectivity index (χ0) is 11.3. The van der Waals surface area contributed by atoms with Crippen molar-refractivity contribution in [3.8, 4) is 5.75 Å². The predicted molar refractivity (Wildman–Crippen MR) is 61.9 cm³/mol. The lowest BCUT2D eigenvalue weighted by atomic mass is 10.0. The highest BCUT2D eigenvalue weighted by molar-refractivity contribution is 5.30. The van der Waals surface area contributed by atoms with Crippen molar-refractivity contribution < 1.29 is 4.74 Å². The van der Waals surface area contributed by atoms with Crippen molar-refractivity contribution in [1.29, 1.82) is 0 Å². The van der Waals surface area contributed by atoms with E-state index in [1.54, 1.807) is 12.4 Å². The summed E-state index contributed by atoms with van der Waals surface area (Å²) in [7, 11) is 0. The summed E-state index contributed by atoms with van der Waals surface area (Å²) in [6.45, 7) is 6.87. The van der Waals surface area contributed by atoms with E-state index in [1.807, 2.05) is 19.9 Å². The van der Waals surface area contributed by atoms with E-state index in [4.69, 9.17) is 10.5 Å². The van der Waals surface area contributed by atoms with Crippen LogP contribution in [0.25, 0.3) is 0 Å². The second kappa shape index (κ2) is 5.71. The summed E-state index contributed by atoms with van der Waals surface area (Å²) in [6.07, 6.45) is 4.70. The van der Waals surface area contributed by atoms with Gasteiger partial charge in [-0.05, 0) is 44.4 Å². The van der Waals surface area contributed by atoms with Crippen molar-refractivity contribution in [3.05, 3.63) is 24.0 Å². The molecule has 1 unspecified atom stereocenters. The quantitative estimate of drug-likeness (QED) is 0.805. The van der Waals surface area contributed by atoms with Crippen molar-refractivity contribution in [3.63, 3.8) is 0 Å². The van der Waals surface area contributed by atoms with Gasteiger partial charge in [-0.25, -0.2) is 0 Å². The van der Waals surface area contributed by atoms with E-state index in [9.17, 15) is 0 Å². The standard InChI is InChI=1S/C12H20N2O/c1-9(2)15-12-8-14-5-4-11(12)6-10(3)7-13/h4-5,8-10H,6-7,13H2,1-3H3. The van der Waals surface area contributed by atoms with Gasteiger partial charge in [-0.3, -0.25) is 4.98 Å². The monoisotopic (exact) mass is 208 g/mol. The molecule has 1 aromatic heterocycles. The van der Waals surface area contributed by atoms with Gasteiger partial charge in [-0.15, -0.1) is 0 Å². The van der Waals surface area contributed by atoms with Gasteiger partial charge >= 0.3 is 0 Å². The molecule has 0 aliphatic rings. The maximum atomic E-state index is 5.69. The minimum Gasteiger partial charge on any atom is -0.489 e. The highest BCUT2D eigenvalue weighted by atomic mass is 16.5. The summed E-state index contributed by atoms with van der Waals surface area (Å²) in [5.74, 6) is 1.36. The Balaban J connectivity index is 2.76. The molecule has 0 aromatic carbocycles. The first-order valence-electron chi connectivity index (χ1n) is 5.43. The van der Waals surface area contributed by atoms with Crippen LogP contribution in [0.4, 0.5) is 0 Å². The number of pyridine rings is 1. The Kier molecular flexibility index (Phi) is 4.56. The zero-order valence-electron chi connectivity index (χ0n) is 9.73. The topological polar surface area (TPSA) is 48.1 Å². The molecule has 1 aromatic rings. The van der Waals surface area contributed by atoms with Crippen molar-refractivity contribution in [2.24, 2.45) is 11.7 Å². The molecule has 2 N–H and O–H groups in total. The first kappa shape index (κ1) is 12.0. The summed E-state index contributed by atoms with van der Waals surface area (Å²) in [5.41, 5.74) is 6.81. The summed E-state index contributed by atoms with van der Waals surface area (Å²) in [6, 6.07) is 2.00. The van der Waals surface area contributed by atoms with Gasteiger partial charge in [0.15, 0.2) is 0 Å². The van der Waals surface area contributed by atoms with Crippen molar-refractivity contribution in [2.45, 2.75) is 33.3 Å². The number of nitrogens with zero attached hydrogens (tertiary/aromatic N) is 1. The van der Waals surface area contributed by atoms with Crippen LogP contribution in [0.5, 0.6) is 5.75 Å². The van der Waals surface area contributed by atoms with E-state index in [2.05, 4.69) is 11.9 Å². The molecule has 0 spiro atoms. The van der Waals surface area contributed by atoms with E-state index in [1.165, 1.54) is 5.56 Å². The molecule has 0 amide bonds. The molecule has 0 saturated heterocycles. The van der Waals surface area contributed by atoms with Gasteiger partial charge in [0.25, 0.3) is 0 Å². The molecular formula is C12H20N2O. The van der Waals surface area contributed by atoms with Crippen LogP contribution in [-0.4, -0.2) is 17.6 Å². The highest BCUT2D eigenvalue weighted by Gasteiger charge is 2.08. The van der Waals surface area contributed by atoms with Crippen LogP contribution >= 0.6 is 0 Å². The van der Waals surface area contributed by atoms with E-state index in [0.717, 1.165) is 12.2 Å². The molecule has 0 fully saturated rings. The molecule has 0 radical (unpaired) electrons. The fraction of sp³-hybridized carbons (Fsp3) is 0.583. The molecule has 3 nitrogen and oxygen atoms in total. The van der Waals surface area contributed by atoms with Crippen LogP contribution in [0, 0.1) is 5.92 Å². The Morgan fingerprint density at radius 1 is 1.40 bits per heavy atom. The summed E-state index contributed by atoms with van der Waals surface area (Å²) in [4.78, 5) is 4.08. The maximum Gasteiger partial charge on any atom is 0.141 e. The molecule has 0 aliphatic heterocycles. The second-order valence-electron chi connectivity index (χ2n) is 4.20. The smallest absolute Gasteiger partial charge is 0.141 e. The average Bonchev–Trinajstić information content (AvgIpc) is 2.20. The summed E-state index contributed by atoms with van der Waals surface area (Å²) >= 11 is 0. The van der Waals surface area contributed by atoms with Crippen LogP contribution < -0.4 is 10.5 Å². The molecule has 0 bridgehead atoms. The van der Waals surface area contributed by atoms with Gasteiger partial charge < -0.3 is 10.5 Å². The lowest BCUT2D eigenvalue weighted by molar-refractivity contribution is 0.238. The van der Waals surface area contributed by atoms with Gasteiger partial charge in [0.05, 0.1) is 12.3 Å². The molecular weight excluding hydrogens is 188 g/mol. The Hall–Kier alpha value is -1.09. The molecule has 1 heterocycles. The largest absolute Gasteiger partial charge is 0.489 e. The Morgan fingerprint density at radius 3 is 2.73 bits per heavy atom. The van der Waals surface area contributed by atoms with Gasteiger partial charge in [-0.2, -0.15) is 0 Å². The first-order valence-corrected chi connectivity index (χ1v) is 5.43. The fourth-order valence-electron chi connectivity index (χ4n) is 1.40. The van der Waals surface area contributed by atoms with Crippen LogP contribution in [-0.2, 0) is 6.42 Å². The van der Waals surface area contributed by atoms with E-state index < -0.39 is 0 Å². The van der Waals surface area contributed by atoms with Crippen molar-refractivity contribution in [2.75, 3.05) is 6.54 Å². The number of hydrogen-bond donors (Lipinski definition) is 1. The Morgan fingerprint density at radius 2 is 2.13 bits per heavy atom. The number of nitrogens with two attached hydrogens (primary N) is 1. The second-order valence-corrected chi connectivity index (χ2v) is 4.20. The number of ether oxygens (including phenoxy) is 1. The lowest BCUT2D eigenvalue weighted by Crippen LogP contribution is -2.15. The minimum atomic E-state index is 0.182. The zero-order valence-corrected chi connectivity index (χ0v) is 9.73. The SMILES string of the molecule is CC(CN)Cc1ccncc1OC(C)C. The number of rotatable bonds is 5. The van der Waals surface area contributed by atoms with Gasteiger partial charge in [0.2, 0.25) is 0 Å². The molecule has 15 heavy (non-hydrogen) atoms. The summed E-state index contributed by atoms with van der Waals surface area (Å²) < 4.78 is 5.69. The third kappa shape index (κ3) is 3.88. The molecule has 0 saturated carbocycles. The summed E-state index contributed by atoms with van der Waals surface area (Å²) in [5, 5.41) is 0. The van der Waals surface area contributed by atoms with Crippen LogP contribution in [0.15, 0.2) is 18.5 Å². The molecule has 0 aliphatic carbocycles. The van der Waals surface area contributed by atoms with Crippen molar-refractivity contribution >= 4 is 0 Å². The predicted octanol–water partition coefficient (Wildman–Crippen LogP) is 2.01. The maximum absolute atomic E-state index is 5.69. The number of hydrogen-bond acceptors (Lipinski definition) is 3. The van der Waals surface area contributed by atoms with Crippen LogP contribution in [0.3, 0.4) is 0 Å². The molecule has 3 heteroatoms. The van der Waals surface area contributed by atoms with E-state index in [-0.39, 0.29) is 6.10 Å². The lowest BCUT2D eigenvalue weighted by Gasteiger charge is -2.15. The molecule has 1 atom stereocenters. The third-order valence-corrected chi connectivity index (χ3v) is 2.20. The minimum absolute atomic E-state index is 0.182. The van der Waals surface area contributed by atoms with E-state index in [0.29, 0.717) is 12.5 Å². The van der Waals surface area contributed by atoms with Crippen LogP contribution in [0.2, 0.25) is 0 Å². The highest BCUT2D eigenvalue weighted by Crippen LogP contribution is 2.20. The normalized spacial score (nSPS) is 12.9. The van der Waals surface area contributed by atoms with Gasteiger partial charge in [0, 0.05) is 6.20 Å². The van der Waals surface area contributed by atoms with Gasteiger partial charge in [-0.1, -0.05) is 6.92 Å². The first-order chi connectivity index (χ1) is 7.13. The molecule has 1 rings (SSSR count). The Bertz CT molecular complexity index is 299. The van der Waals surface area contributed by atoms with Crippen molar-refractivity contribution in [1.82, 2.24) is 4.98 Å². The van der Waals surface area contributed by atoms with Crippen LogP contribution in [0.1, 0.15) is 26.3 Å². The van der Waals surface area contributed by atoms with Gasteiger partial charge in [0.1, 0.15) is 5.75 Å². The third-order valence-electron chi connectivity index (χ3n) is 2.20. The van der Waals surface area contributed by atoms with E-state index >= 15 is 0 Å².